The normalized spacial score (nSPS) is 12.8. The van der Waals surface area contributed by atoms with Crippen molar-refractivity contribution in [1.29, 1.82) is 0 Å². The van der Waals surface area contributed by atoms with Crippen LogP contribution in [0.1, 0.15) is 25.3 Å². The molecule has 0 aromatic heterocycles. The Morgan fingerprint density at radius 2 is 1.92 bits per heavy atom. The summed E-state index contributed by atoms with van der Waals surface area (Å²) in [6.07, 6.45) is 2.87. The summed E-state index contributed by atoms with van der Waals surface area (Å²) in [6.45, 7) is 1.84. The summed E-state index contributed by atoms with van der Waals surface area (Å²) in [5.74, 6) is 0. The van der Waals surface area contributed by atoms with Crippen molar-refractivity contribution in [2.75, 3.05) is 0 Å². The monoisotopic (exact) mass is 290 g/mol. The molecule has 0 saturated carbocycles. The van der Waals surface area contributed by atoms with Gasteiger partial charge in [-0.15, -0.1) is 0 Å². The van der Waals surface area contributed by atoms with E-state index in [4.69, 9.17) is 5.11 Å². The molecule has 0 aliphatic rings. The van der Waals surface area contributed by atoms with Gasteiger partial charge in [0.1, 0.15) is 0 Å². The summed E-state index contributed by atoms with van der Waals surface area (Å²) in [7, 11) is 0. The predicted octanol–water partition coefficient (Wildman–Crippen LogP) is 2.99. The second-order valence-corrected chi connectivity index (χ2v) is 4.61. The molecule has 1 atom stereocenters. The molecule has 1 aromatic rings. The van der Waals surface area contributed by atoms with Crippen molar-refractivity contribution in [1.82, 2.24) is 0 Å². The highest BCUT2D eigenvalue weighted by molar-refractivity contribution is 14.1. The van der Waals surface area contributed by atoms with Gasteiger partial charge in [-0.1, -0.05) is 12.1 Å². The van der Waals surface area contributed by atoms with Crippen LogP contribution in [0.2, 0.25) is 0 Å². The predicted molar refractivity (Wildman–Crippen MR) is 63.8 cm³/mol. The average Bonchev–Trinajstić information content (AvgIpc) is 2.08. The maximum absolute atomic E-state index is 9.07. The number of aryl methyl sites for hydroxylation is 1. The maximum Gasteiger partial charge on any atom is 0.0512 e. The highest BCUT2D eigenvalue weighted by atomic mass is 127. The minimum atomic E-state index is -0.163. The standard InChI is InChI=1S/C11H15IO/c1-9(13)3-2-4-10-5-7-11(12)8-6-10/h5-9,13H,2-4H2,1H3. The number of aliphatic hydroxyl groups is 1. The van der Waals surface area contributed by atoms with Crippen molar-refractivity contribution in [3.05, 3.63) is 33.4 Å². The third kappa shape index (κ3) is 4.62. The molecule has 0 heterocycles. The fraction of sp³-hybridized carbons (Fsp3) is 0.455. The SMILES string of the molecule is CC(O)CCCc1ccc(I)cc1. The van der Waals surface area contributed by atoms with Crippen molar-refractivity contribution >= 4 is 22.6 Å². The van der Waals surface area contributed by atoms with E-state index in [9.17, 15) is 0 Å². The summed E-state index contributed by atoms with van der Waals surface area (Å²) < 4.78 is 1.27. The second-order valence-electron chi connectivity index (χ2n) is 3.37. The first-order valence-electron chi connectivity index (χ1n) is 4.61. The summed E-state index contributed by atoms with van der Waals surface area (Å²) in [4.78, 5) is 0. The molecule has 1 nitrogen and oxygen atoms in total. The maximum atomic E-state index is 9.07. The topological polar surface area (TPSA) is 20.2 Å². The minimum Gasteiger partial charge on any atom is -0.393 e. The molecule has 0 bridgehead atoms. The average molecular weight is 290 g/mol. The lowest BCUT2D eigenvalue weighted by molar-refractivity contribution is 0.182. The number of aliphatic hydroxyl groups excluding tert-OH is 1. The van der Waals surface area contributed by atoms with Crippen LogP contribution < -0.4 is 0 Å². The number of rotatable bonds is 4. The van der Waals surface area contributed by atoms with Gasteiger partial charge in [-0.25, -0.2) is 0 Å². The van der Waals surface area contributed by atoms with Gasteiger partial charge in [-0.05, 0) is 66.5 Å². The quantitative estimate of drug-likeness (QED) is 0.845. The van der Waals surface area contributed by atoms with Crippen LogP contribution in [0.4, 0.5) is 0 Å². The number of halogens is 1. The van der Waals surface area contributed by atoms with Gasteiger partial charge in [-0.3, -0.25) is 0 Å². The van der Waals surface area contributed by atoms with Crippen LogP contribution in [-0.4, -0.2) is 11.2 Å². The fourth-order valence-corrected chi connectivity index (χ4v) is 1.61. The molecule has 0 spiro atoms. The van der Waals surface area contributed by atoms with Crippen LogP contribution in [0.3, 0.4) is 0 Å². The lowest BCUT2D eigenvalue weighted by atomic mass is 10.1. The highest BCUT2D eigenvalue weighted by Gasteiger charge is 1.97. The fourth-order valence-electron chi connectivity index (χ4n) is 1.25. The lowest BCUT2D eigenvalue weighted by Gasteiger charge is -2.03. The Labute approximate surface area is 93.3 Å². The molecule has 2 heteroatoms. The van der Waals surface area contributed by atoms with Crippen LogP contribution in [0, 0.1) is 3.57 Å². The first-order valence-corrected chi connectivity index (χ1v) is 5.69. The molecule has 1 aromatic carbocycles. The Kier molecular flexibility index (Phi) is 4.73. The number of hydrogen-bond acceptors (Lipinski definition) is 1. The van der Waals surface area contributed by atoms with E-state index in [2.05, 4.69) is 46.9 Å². The van der Waals surface area contributed by atoms with Crippen LogP contribution >= 0.6 is 22.6 Å². The Morgan fingerprint density at radius 1 is 1.31 bits per heavy atom. The largest absolute Gasteiger partial charge is 0.393 e. The van der Waals surface area contributed by atoms with Crippen LogP contribution in [-0.2, 0) is 6.42 Å². The van der Waals surface area contributed by atoms with E-state index in [1.165, 1.54) is 9.13 Å². The van der Waals surface area contributed by atoms with Crippen LogP contribution in [0.5, 0.6) is 0 Å². The number of benzene rings is 1. The zero-order valence-corrected chi connectivity index (χ0v) is 9.99. The van der Waals surface area contributed by atoms with Crippen molar-refractivity contribution in [2.45, 2.75) is 32.3 Å². The van der Waals surface area contributed by atoms with Crippen molar-refractivity contribution in [3.8, 4) is 0 Å². The molecule has 1 rings (SSSR count). The molecule has 0 saturated heterocycles. The highest BCUT2D eigenvalue weighted by Crippen LogP contribution is 2.10. The Balaban J connectivity index is 2.33. The smallest absolute Gasteiger partial charge is 0.0512 e. The Bertz CT molecular complexity index is 241. The lowest BCUT2D eigenvalue weighted by Crippen LogP contribution is -1.99. The molecule has 13 heavy (non-hydrogen) atoms. The van der Waals surface area contributed by atoms with E-state index in [1.807, 2.05) is 6.92 Å². The summed E-state index contributed by atoms with van der Waals surface area (Å²) in [6, 6.07) is 8.56. The van der Waals surface area contributed by atoms with Crippen LogP contribution in [0.25, 0.3) is 0 Å². The van der Waals surface area contributed by atoms with Crippen molar-refractivity contribution < 1.29 is 5.11 Å². The van der Waals surface area contributed by atoms with Crippen LogP contribution in [0.15, 0.2) is 24.3 Å². The van der Waals surface area contributed by atoms with E-state index >= 15 is 0 Å². The molecule has 1 N–H and O–H groups in total. The molecule has 1 unspecified atom stereocenters. The van der Waals surface area contributed by atoms with Gasteiger partial charge in [0, 0.05) is 3.57 Å². The molecular weight excluding hydrogens is 275 g/mol. The summed E-state index contributed by atoms with van der Waals surface area (Å²) >= 11 is 2.30. The first-order chi connectivity index (χ1) is 6.18. The third-order valence-electron chi connectivity index (χ3n) is 2.00. The van der Waals surface area contributed by atoms with Gasteiger partial charge < -0.3 is 5.11 Å². The van der Waals surface area contributed by atoms with Gasteiger partial charge in [0.15, 0.2) is 0 Å². The van der Waals surface area contributed by atoms with E-state index in [1.54, 1.807) is 0 Å². The molecule has 0 fully saturated rings. The molecule has 0 amide bonds. The summed E-state index contributed by atoms with van der Waals surface area (Å²) in [5.41, 5.74) is 1.36. The number of hydrogen-bond donors (Lipinski definition) is 1. The van der Waals surface area contributed by atoms with Gasteiger partial charge in [0.05, 0.1) is 6.10 Å². The molecule has 72 valence electrons. The Morgan fingerprint density at radius 3 is 2.46 bits per heavy atom. The second kappa shape index (κ2) is 5.60. The molecule has 0 radical (unpaired) electrons. The van der Waals surface area contributed by atoms with Crippen molar-refractivity contribution in [3.63, 3.8) is 0 Å². The zero-order valence-electron chi connectivity index (χ0n) is 7.83. The van der Waals surface area contributed by atoms with Gasteiger partial charge in [-0.2, -0.15) is 0 Å². The summed E-state index contributed by atoms with van der Waals surface area (Å²) in [5, 5.41) is 9.07. The first kappa shape index (κ1) is 11.0. The van der Waals surface area contributed by atoms with E-state index < -0.39 is 0 Å². The van der Waals surface area contributed by atoms with E-state index in [0.717, 1.165) is 19.3 Å². The van der Waals surface area contributed by atoms with Crippen molar-refractivity contribution in [2.24, 2.45) is 0 Å². The third-order valence-corrected chi connectivity index (χ3v) is 2.72. The Hall–Kier alpha value is -0.0900. The molecule has 0 aliphatic heterocycles. The molecule has 0 aliphatic carbocycles. The van der Waals surface area contributed by atoms with Gasteiger partial charge in [0.2, 0.25) is 0 Å². The van der Waals surface area contributed by atoms with E-state index in [0.29, 0.717) is 0 Å². The molecular formula is C11H15IO. The van der Waals surface area contributed by atoms with E-state index in [-0.39, 0.29) is 6.10 Å². The van der Waals surface area contributed by atoms with Gasteiger partial charge in [0.25, 0.3) is 0 Å². The van der Waals surface area contributed by atoms with Gasteiger partial charge >= 0.3 is 0 Å². The minimum absolute atomic E-state index is 0.163. The zero-order chi connectivity index (χ0) is 9.68.